The summed E-state index contributed by atoms with van der Waals surface area (Å²) in [6.45, 7) is 7.46. The SMILES string of the molecule is COc1cc(-c2cn(C)c(=O)c3cnccc23)cc(OC)c1CN1CCN(C(=O)CC2CCN(c3ccc(CC4CCC(=O)NC4=O)cc3C)CC2)CC1. The van der Waals surface area contributed by atoms with Crippen molar-refractivity contribution < 1.29 is 23.9 Å². The van der Waals surface area contributed by atoms with Gasteiger partial charge in [-0.25, -0.2) is 0 Å². The summed E-state index contributed by atoms with van der Waals surface area (Å²) >= 11 is 0. The largest absolute Gasteiger partial charge is 0.496 e. The smallest absolute Gasteiger partial charge is 0.259 e. The average Bonchev–Trinajstić information content (AvgIpc) is 3.18. The van der Waals surface area contributed by atoms with E-state index in [4.69, 9.17) is 9.47 Å². The van der Waals surface area contributed by atoms with Crippen molar-refractivity contribution in [2.24, 2.45) is 18.9 Å². The lowest BCUT2D eigenvalue weighted by molar-refractivity contribution is -0.136. The fourth-order valence-electron chi connectivity index (χ4n) is 8.39. The van der Waals surface area contributed by atoms with Crippen LogP contribution >= 0.6 is 0 Å². The predicted molar refractivity (Wildman–Crippen MR) is 208 cm³/mol. The Morgan fingerprint density at radius 2 is 1.63 bits per heavy atom. The summed E-state index contributed by atoms with van der Waals surface area (Å²) in [6, 6.07) is 12.3. The molecule has 0 saturated carbocycles. The molecule has 12 nitrogen and oxygen atoms in total. The first-order valence-electron chi connectivity index (χ1n) is 19.0. The monoisotopic (exact) mass is 734 g/mol. The lowest BCUT2D eigenvalue weighted by Crippen LogP contribution is -2.49. The number of benzene rings is 2. The van der Waals surface area contributed by atoms with Gasteiger partial charge in [-0.05, 0) is 84.9 Å². The van der Waals surface area contributed by atoms with Crippen LogP contribution in [0.2, 0.25) is 0 Å². The lowest BCUT2D eigenvalue weighted by Gasteiger charge is -2.37. The van der Waals surface area contributed by atoms with Gasteiger partial charge >= 0.3 is 0 Å². The molecule has 284 valence electrons. The summed E-state index contributed by atoms with van der Waals surface area (Å²) in [6.07, 6.45) is 9.32. The Kier molecular flexibility index (Phi) is 11.0. The molecule has 1 N–H and O–H groups in total. The quantitative estimate of drug-likeness (QED) is 0.235. The van der Waals surface area contributed by atoms with Crippen molar-refractivity contribution in [3.63, 3.8) is 0 Å². The number of imide groups is 1. The molecule has 5 heterocycles. The highest BCUT2D eigenvalue weighted by Crippen LogP contribution is 2.38. The van der Waals surface area contributed by atoms with Crippen molar-refractivity contribution in [3.05, 3.63) is 82.0 Å². The maximum Gasteiger partial charge on any atom is 0.259 e. The van der Waals surface area contributed by atoms with Gasteiger partial charge in [-0.3, -0.25) is 34.4 Å². The molecule has 3 aliphatic heterocycles. The number of carbonyl (C=O) groups is 3. The number of hydrogen-bond acceptors (Lipinski definition) is 9. The third kappa shape index (κ3) is 7.84. The molecule has 2 aromatic heterocycles. The Bertz CT molecular complexity index is 2090. The van der Waals surface area contributed by atoms with E-state index in [1.165, 1.54) is 11.3 Å². The van der Waals surface area contributed by atoms with Crippen molar-refractivity contribution in [2.45, 2.75) is 52.0 Å². The van der Waals surface area contributed by atoms with Crippen LogP contribution in [0.5, 0.6) is 11.5 Å². The maximum atomic E-state index is 13.5. The standard InChI is InChI=1S/C42H50N6O6/c1-27-19-29(20-30-6-8-39(49)44-41(30)51)5-7-36(27)47-13-10-28(11-14-47)21-40(50)48-17-15-46(16-18-48)26-35-37(53-3)22-31(23-38(35)54-4)34-25-45(2)42(52)33-24-43-12-9-32(33)34/h5,7,9,12,19,22-25,28,30H,6,8,10-11,13-18,20-21,26H2,1-4H3,(H,44,49,51). The van der Waals surface area contributed by atoms with Crippen LogP contribution in [0.15, 0.2) is 59.8 Å². The van der Waals surface area contributed by atoms with E-state index in [1.54, 1.807) is 38.2 Å². The van der Waals surface area contributed by atoms with Crippen LogP contribution in [-0.2, 0) is 34.4 Å². The third-order valence-electron chi connectivity index (χ3n) is 11.5. The molecule has 54 heavy (non-hydrogen) atoms. The number of anilines is 1. The van der Waals surface area contributed by atoms with Crippen LogP contribution < -0.4 is 25.2 Å². The van der Waals surface area contributed by atoms with Gasteiger partial charge in [-0.15, -0.1) is 0 Å². The van der Waals surface area contributed by atoms with Gasteiger partial charge in [-0.1, -0.05) is 12.1 Å². The summed E-state index contributed by atoms with van der Waals surface area (Å²) in [5, 5.41) is 3.84. The first-order valence-corrected chi connectivity index (χ1v) is 19.0. The molecule has 0 spiro atoms. The molecule has 12 heteroatoms. The zero-order valence-electron chi connectivity index (χ0n) is 31.7. The Morgan fingerprint density at radius 1 is 0.907 bits per heavy atom. The van der Waals surface area contributed by atoms with Gasteiger partial charge in [0.1, 0.15) is 11.5 Å². The van der Waals surface area contributed by atoms with Gasteiger partial charge in [0.15, 0.2) is 0 Å². The van der Waals surface area contributed by atoms with Crippen LogP contribution in [-0.4, -0.2) is 90.6 Å². The normalized spacial score (nSPS) is 18.6. The van der Waals surface area contributed by atoms with Crippen LogP contribution in [0.4, 0.5) is 5.69 Å². The van der Waals surface area contributed by atoms with Crippen molar-refractivity contribution >= 4 is 34.2 Å². The van der Waals surface area contributed by atoms with E-state index < -0.39 is 0 Å². The van der Waals surface area contributed by atoms with Crippen molar-refractivity contribution in [3.8, 4) is 22.6 Å². The Morgan fingerprint density at radius 3 is 2.30 bits per heavy atom. The number of rotatable bonds is 10. The number of nitrogens with one attached hydrogen (secondary N) is 1. The van der Waals surface area contributed by atoms with E-state index in [9.17, 15) is 19.2 Å². The second-order valence-corrected chi connectivity index (χ2v) is 15.0. The van der Waals surface area contributed by atoms with Crippen LogP contribution in [0.3, 0.4) is 0 Å². The Hall–Kier alpha value is -5.23. The minimum atomic E-state index is -0.179. The zero-order chi connectivity index (χ0) is 37.9. The first-order chi connectivity index (χ1) is 26.1. The summed E-state index contributed by atoms with van der Waals surface area (Å²) in [7, 11) is 5.07. The molecule has 3 aliphatic rings. The van der Waals surface area contributed by atoms with Gasteiger partial charge in [0.25, 0.3) is 5.56 Å². The number of methoxy groups -OCH3 is 2. The van der Waals surface area contributed by atoms with Crippen molar-refractivity contribution in [1.29, 1.82) is 0 Å². The highest BCUT2D eigenvalue weighted by atomic mass is 16.5. The number of carbonyl (C=O) groups excluding carboxylic acids is 3. The zero-order valence-corrected chi connectivity index (χ0v) is 31.7. The van der Waals surface area contributed by atoms with Gasteiger partial charge < -0.3 is 23.8 Å². The van der Waals surface area contributed by atoms with E-state index in [1.807, 2.05) is 29.3 Å². The van der Waals surface area contributed by atoms with Crippen LogP contribution in [0, 0.1) is 18.8 Å². The summed E-state index contributed by atoms with van der Waals surface area (Å²) in [4.78, 5) is 60.9. The Labute approximate surface area is 316 Å². The molecule has 1 unspecified atom stereocenters. The number of hydrogen-bond donors (Lipinski definition) is 1. The third-order valence-corrected chi connectivity index (χ3v) is 11.5. The number of nitrogens with zero attached hydrogens (tertiary/aromatic N) is 5. The fourth-order valence-corrected chi connectivity index (χ4v) is 8.39. The molecule has 3 fully saturated rings. The van der Waals surface area contributed by atoms with Gasteiger partial charge in [0.05, 0.1) is 25.2 Å². The molecular formula is C42H50N6O6. The molecule has 7 rings (SSSR count). The summed E-state index contributed by atoms with van der Waals surface area (Å²) < 4.78 is 13.4. The second kappa shape index (κ2) is 16.0. The number of ether oxygens (including phenoxy) is 2. The molecule has 1 atom stereocenters. The molecule has 2 aromatic carbocycles. The number of amides is 3. The predicted octanol–water partition coefficient (Wildman–Crippen LogP) is 4.47. The highest BCUT2D eigenvalue weighted by molar-refractivity contribution is 5.98. The van der Waals surface area contributed by atoms with Gasteiger partial charge in [0.2, 0.25) is 17.7 Å². The van der Waals surface area contributed by atoms with E-state index >= 15 is 0 Å². The topological polar surface area (TPSA) is 126 Å². The summed E-state index contributed by atoms with van der Waals surface area (Å²) in [5.74, 6) is 1.53. The van der Waals surface area contributed by atoms with E-state index in [-0.39, 0.29) is 29.2 Å². The summed E-state index contributed by atoms with van der Waals surface area (Å²) in [5.41, 5.74) is 6.15. The molecule has 3 saturated heterocycles. The molecule has 0 aliphatic carbocycles. The van der Waals surface area contributed by atoms with Crippen molar-refractivity contribution in [1.82, 2.24) is 24.7 Å². The minimum absolute atomic E-state index is 0.0976. The lowest BCUT2D eigenvalue weighted by atomic mass is 9.90. The van der Waals surface area contributed by atoms with E-state index in [0.717, 1.165) is 66.7 Å². The molecule has 0 radical (unpaired) electrons. The van der Waals surface area contributed by atoms with Gasteiger partial charge in [-0.2, -0.15) is 0 Å². The van der Waals surface area contributed by atoms with Crippen LogP contribution in [0.25, 0.3) is 21.9 Å². The number of pyridine rings is 2. The molecular weight excluding hydrogens is 684 g/mol. The van der Waals surface area contributed by atoms with Gasteiger partial charge in [0, 0.05) is 101 Å². The number of piperazine rings is 1. The number of aromatic nitrogens is 2. The molecule has 3 amide bonds. The fraction of sp³-hybridized carbons (Fsp3) is 0.452. The van der Waals surface area contributed by atoms with E-state index in [0.29, 0.717) is 68.1 Å². The van der Waals surface area contributed by atoms with Crippen molar-refractivity contribution in [2.75, 3.05) is 58.4 Å². The van der Waals surface area contributed by atoms with E-state index in [2.05, 4.69) is 45.2 Å². The number of fused-ring (bicyclic) bond motifs is 1. The Balaban J connectivity index is 0.917. The second-order valence-electron chi connectivity index (χ2n) is 15.0. The highest BCUT2D eigenvalue weighted by Gasteiger charge is 2.29. The molecule has 4 aromatic rings. The first kappa shape index (κ1) is 37.1. The maximum absolute atomic E-state index is 13.5. The number of piperidine rings is 2. The minimum Gasteiger partial charge on any atom is -0.496 e. The molecule has 0 bridgehead atoms. The average molecular weight is 735 g/mol. The van der Waals surface area contributed by atoms with Crippen LogP contribution in [0.1, 0.15) is 48.8 Å². The number of aryl methyl sites for hydroxylation is 2.